The summed E-state index contributed by atoms with van der Waals surface area (Å²) in [7, 11) is 2.09. The van der Waals surface area contributed by atoms with E-state index in [4.69, 9.17) is 4.74 Å². The summed E-state index contributed by atoms with van der Waals surface area (Å²) in [6.45, 7) is 12.7. The predicted molar refractivity (Wildman–Crippen MR) is 115 cm³/mol. The van der Waals surface area contributed by atoms with Crippen LogP contribution in [0.4, 0.5) is 0 Å². The average molecular weight is 400 g/mol. The summed E-state index contributed by atoms with van der Waals surface area (Å²) in [4.78, 5) is 30.4. The molecule has 0 aliphatic heterocycles. The molecule has 0 bridgehead atoms. The first kappa shape index (κ1) is 22.7. The van der Waals surface area contributed by atoms with Crippen LogP contribution in [0.3, 0.4) is 0 Å². The van der Waals surface area contributed by atoms with Gasteiger partial charge in [-0.1, -0.05) is 24.3 Å². The van der Waals surface area contributed by atoms with E-state index in [1.807, 2.05) is 18.2 Å². The minimum atomic E-state index is -0.410. The van der Waals surface area contributed by atoms with Gasteiger partial charge in [0.25, 0.3) is 5.91 Å². The number of aromatic nitrogens is 1. The van der Waals surface area contributed by atoms with E-state index < -0.39 is 5.97 Å². The van der Waals surface area contributed by atoms with E-state index in [9.17, 15) is 9.59 Å². The number of aromatic amines is 1. The molecule has 2 rings (SSSR count). The van der Waals surface area contributed by atoms with Crippen LogP contribution in [0.5, 0.6) is 0 Å². The van der Waals surface area contributed by atoms with Crippen molar-refractivity contribution in [2.45, 2.75) is 66.8 Å². The highest BCUT2D eigenvalue weighted by Crippen LogP contribution is 2.20. The lowest BCUT2D eigenvalue weighted by Gasteiger charge is -2.22. The molecule has 1 heterocycles. The second kappa shape index (κ2) is 9.74. The van der Waals surface area contributed by atoms with Gasteiger partial charge in [0.2, 0.25) is 0 Å². The molecule has 0 atom stereocenters. The summed E-state index contributed by atoms with van der Waals surface area (Å²) in [6.07, 6.45) is -0.214. The first-order valence-corrected chi connectivity index (χ1v) is 10.1. The first-order chi connectivity index (χ1) is 13.6. The number of benzene rings is 1. The normalized spacial score (nSPS) is 11.4. The van der Waals surface area contributed by atoms with Crippen LogP contribution in [0.2, 0.25) is 0 Å². The number of hydrogen-bond donors (Lipinski definition) is 2. The molecule has 1 amide bonds. The molecule has 1 aromatic heterocycles. The highest BCUT2D eigenvalue weighted by atomic mass is 16.5. The Balaban J connectivity index is 2.14. The molecule has 6 nitrogen and oxygen atoms in total. The summed E-state index contributed by atoms with van der Waals surface area (Å²) in [5.41, 5.74) is 4.34. The fourth-order valence-electron chi connectivity index (χ4n) is 3.16. The number of rotatable bonds is 8. The van der Waals surface area contributed by atoms with E-state index in [0.717, 1.165) is 12.1 Å². The molecular formula is C23H33N3O3. The van der Waals surface area contributed by atoms with E-state index >= 15 is 0 Å². The van der Waals surface area contributed by atoms with E-state index in [0.29, 0.717) is 35.1 Å². The second-order valence-corrected chi connectivity index (χ2v) is 8.04. The van der Waals surface area contributed by atoms with Crippen molar-refractivity contribution >= 4 is 11.9 Å². The Morgan fingerprint density at radius 3 is 2.31 bits per heavy atom. The van der Waals surface area contributed by atoms with Crippen LogP contribution in [-0.2, 0) is 17.8 Å². The van der Waals surface area contributed by atoms with Gasteiger partial charge in [-0.2, -0.15) is 0 Å². The smallest absolute Gasteiger partial charge is 0.340 e. The van der Waals surface area contributed by atoms with Crippen molar-refractivity contribution in [3.05, 3.63) is 57.9 Å². The molecule has 2 aromatic rings. The third-order valence-electron chi connectivity index (χ3n) is 5.07. The standard InChI is InChI=1S/C23H33N3O3/c1-14(2)26(7)13-19-11-9-8-10-18(19)12-24-22(27)21-16(5)20(17(6)25-21)23(28)29-15(3)4/h8-11,14-15,25H,12-13H2,1-7H3,(H,24,27). The number of aryl methyl sites for hydroxylation is 1. The Bertz CT molecular complexity index is 868. The molecule has 29 heavy (non-hydrogen) atoms. The summed E-state index contributed by atoms with van der Waals surface area (Å²) in [5.74, 6) is -0.645. The van der Waals surface area contributed by atoms with Gasteiger partial charge in [0.05, 0.1) is 11.7 Å². The zero-order valence-electron chi connectivity index (χ0n) is 18.6. The molecule has 0 spiro atoms. The van der Waals surface area contributed by atoms with Crippen LogP contribution in [0, 0.1) is 13.8 Å². The molecule has 0 aliphatic rings. The van der Waals surface area contributed by atoms with Crippen molar-refractivity contribution in [3.63, 3.8) is 0 Å². The SMILES string of the molecule is Cc1[nH]c(C(=O)NCc2ccccc2CN(C)C(C)C)c(C)c1C(=O)OC(C)C. The van der Waals surface area contributed by atoms with E-state index in [-0.39, 0.29) is 12.0 Å². The van der Waals surface area contributed by atoms with Crippen LogP contribution in [0.1, 0.15) is 70.9 Å². The quantitative estimate of drug-likeness (QED) is 0.659. The Hall–Kier alpha value is -2.60. The van der Waals surface area contributed by atoms with Gasteiger partial charge >= 0.3 is 5.97 Å². The molecule has 0 radical (unpaired) electrons. The molecule has 0 saturated heterocycles. The van der Waals surface area contributed by atoms with Crippen LogP contribution in [0.15, 0.2) is 24.3 Å². The molecule has 0 saturated carbocycles. The highest BCUT2D eigenvalue weighted by molar-refractivity contribution is 6.00. The van der Waals surface area contributed by atoms with Crippen molar-refractivity contribution in [2.75, 3.05) is 7.05 Å². The molecule has 158 valence electrons. The summed E-state index contributed by atoms with van der Waals surface area (Å²) < 4.78 is 5.30. The average Bonchev–Trinajstić information content (AvgIpc) is 2.94. The molecule has 0 fully saturated rings. The largest absolute Gasteiger partial charge is 0.459 e. The maximum atomic E-state index is 12.8. The third-order valence-corrected chi connectivity index (χ3v) is 5.07. The summed E-state index contributed by atoms with van der Waals surface area (Å²) in [5, 5.41) is 2.98. The van der Waals surface area contributed by atoms with Crippen molar-refractivity contribution in [1.82, 2.24) is 15.2 Å². The van der Waals surface area contributed by atoms with Crippen molar-refractivity contribution in [1.29, 1.82) is 0 Å². The van der Waals surface area contributed by atoms with Gasteiger partial charge in [-0.15, -0.1) is 0 Å². The highest BCUT2D eigenvalue weighted by Gasteiger charge is 2.23. The number of carbonyl (C=O) groups excluding carboxylic acids is 2. The monoisotopic (exact) mass is 399 g/mol. The lowest BCUT2D eigenvalue weighted by Crippen LogP contribution is -2.28. The minimum Gasteiger partial charge on any atom is -0.459 e. The fourth-order valence-corrected chi connectivity index (χ4v) is 3.16. The Labute approximate surface area is 173 Å². The van der Waals surface area contributed by atoms with Crippen LogP contribution >= 0.6 is 0 Å². The molecular weight excluding hydrogens is 366 g/mol. The van der Waals surface area contributed by atoms with Gasteiger partial charge in [0.15, 0.2) is 0 Å². The number of H-pyrrole nitrogens is 1. The predicted octanol–water partition coefficient (Wildman–Crippen LogP) is 3.97. The maximum absolute atomic E-state index is 12.8. The number of esters is 1. The van der Waals surface area contributed by atoms with Gasteiger partial charge in [-0.3, -0.25) is 9.69 Å². The summed E-state index contributed by atoms with van der Waals surface area (Å²) >= 11 is 0. The Morgan fingerprint density at radius 1 is 1.10 bits per heavy atom. The van der Waals surface area contributed by atoms with Crippen molar-refractivity contribution < 1.29 is 14.3 Å². The van der Waals surface area contributed by atoms with Gasteiger partial charge < -0.3 is 15.0 Å². The lowest BCUT2D eigenvalue weighted by molar-refractivity contribution is 0.0376. The number of ether oxygens (including phenoxy) is 1. The minimum absolute atomic E-state index is 0.214. The summed E-state index contributed by atoms with van der Waals surface area (Å²) in [6, 6.07) is 8.54. The van der Waals surface area contributed by atoms with E-state index in [2.05, 4.69) is 42.2 Å². The number of hydrogen-bond acceptors (Lipinski definition) is 4. The Kier molecular flexibility index (Phi) is 7.62. The zero-order chi connectivity index (χ0) is 21.7. The first-order valence-electron chi connectivity index (χ1n) is 10.1. The van der Waals surface area contributed by atoms with Crippen molar-refractivity contribution in [2.24, 2.45) is 0 Å². The van der Waals surface area contributed by atoms with Gasteiger partial charge in [0.1, 0.15) is 5.69 Å². The maximum Gasteiger partial charge on any atom is 0.340 e. The molecule has 6 heteroatoms. The second-order valence-electron chi connectivity index (χ2n) is 8.04. The lowest BCUT2D eigenvalue weighted by atomic mass is 10.1. The van der Waals surface area contributed by atoms with Gasteiger partial charge in [-0.25, -0.2) is 4.79 Å². The van der Waals surface area contributed by atoms with E-state index in [1.165, 1.54) is 5.56 Å². The van der Waals surface area contributed by atoms with Gasteiger partial charge in [-0.05, 0) is 65.3 Å². The van der Waals surface area contributed by atoms with Crippen LogP contribution in [0.25, 0.3) is 0 Å². The fraction of sp³-hybridized carbons (Fsp3) is 0.478. The Morgan fingerprint density at radius 2 is 1.72 bits per heavy atom. The van der Waals surface area contributed by atoms with Crippen LogP contribution in [-0.4, -0.2) is 41.0 Å². The van der Waals surface area contributed by atoms with E-state index in [1.54, 1.807) is 27.7 Å². The van der Waals surface area contributed by atoms with Gasteiger partial charge in [0, 0.05) is 24.8 Å². The van der Waals surface area contributed by atoms with Crippen molar-refractivity contribution in [3.8, 4) is 0 Å². The number of carbonyl (C=O) groups is 2. The molecule has 0 aliphatic carbocycles. The number of amides is 1. The number of nitrogens with one attached hydrogen (secondary N) is 2. The zero-order valence-corrected chi connectivity index (χ0v) is 18.6. The topological polar surface area (TPSA) is 74.4 Å². The third kappa shape index (κ3) is 5.70. The van der Waals surface area contributed by atoms with Crippen LogP contribution < -0.4 is 5.32 Å². The molecule has 2 N–H and O–H groups in total. The molecule has 0 unspecified atom stereocenters. The number of nitrogens with zero attached hydrogens (tertiary/aromatic N) is 1. The molecule has 1 aromatic carbocycles.